The van der Waals surface area contributed by atoms with Crippen molar-refractivity contribution in [2.45, 2.75) is 280 Å². The lowest BCUT2D eigenvalue weighted by Crippen LogP contribution is -2.61. The van der Waals surface area contributed by atoms with E-state index in [0.29, 0.717) is 12.8 Å². The number of allylic oxidation sites excluding steroid dienone is 2. The average molecular weight is 961 g/mol. The topological polar surface area (TPSA) is 231 Å². The highest BCUT2D eigenvalue weighted by Crippen LogP contribution is 2.27. The highest BCUT2D eigenvalue weighted by molar-refractivity contribution is 5.70. The maximum Gasteiger partial charge on any atom is 0.306 e. The lowest BCUT2D eigenvalue weighted by Gasteiger charge is -2.42. The Morgan fingerprint density at radius 3 is 1.31 bits per heavy atom. The molecule has 0 radical (unpaired) electrons. The highest BCUT2D eigenvalue weighted by atomic mass is 16.7. The molecule has 67 heavy (non-hydrogen) atoms. The standard InChI is InChI=1S/C52H96O15/c1-3-5-7-9-11-13-15-17-19-21-23-25-27-29-31-33-35-44(55)65-40(37-62-43(54)34-32-30-28-26-24-22-20-18-16-14-12-10-8-6-4-2)38-63-51-50(61)48(59)46(57)42(67-51)39-64-52-49(60)47(58)45(56)41(36-53)66-52/h18,20,40-42,45-53,56-61H,3-17,19,21-39H2,1-2H3/b20-18+/t40-,41-,42-,45+,46+,47?,48?,49?,50?,51-,52-/m1/s1. The van der Waals surface area contributed by atoms with Crippen LogP contribution in [-0.2, 0) is 38.0 Å². The molecule has 2 fully saturated rings. The number of hydrogen-bond acceptors (Lipinski definition) is 15. The van der Waals surface area contributed by atoms with E-state index in [1.807, 2.05) is 0 Å². The third kappa shape index (κ3) is 28.0. The summed E-state index contributed by atoms with van der Waals surface area (Å²) in [5.74, 6) is -0.923. The predicted octanol–water partition coefficient (Wildman–Crippen LogP) is 7.77. The van der Waals surface area contributed by atoms with Crippen molar-refractivity contribution in [1.29, 1.82) is 0 Å². The molecule has 2 aliphatic rings. The van der Waals surface area contributed by atoms with Crippen molar-refractivity contribution in [1.82, 2.24) is 0 Å². The van der Waals surface area contributed by atoms with E-state index in [1.165, 1.54) is 116 Å². The zero-order chi connectivity index (χ0) is 48.9. The first-order valence-electron chi connectivity index (χ1n) is 26.8. The van der Waals surface area contributed by atoms with Crippen molar-refractivity contribution >= 4 is 11.9 Å². The second-order valence-corrected chi connectivity index (χ2v) is 19.1. The number of carbonyl (C=O) groups excluding carboxylic acids is 2. The first-order chi connectivity index (χ1) is 32.5. The van der Waals surface area contributed by atoms with Gasteiger partial charge < -0.3 is 64.2 Å². The second kappa shape index (κ2) is 39.9. The monoisotopic (exact) mass is 961 g/mol. The molecule has 394 valence electrons. The number of aliphatic hydroxyl groups excluding tert-OH is 7. The van der Waals surface area contributed by atoms with Crippen LogP contribution in [0.3, 0.4) is 0 Å². The van der Waals surface area contributed by atoms with E-state index in [9.17, 15) is 45.3 Å². The van der Waals surface area contributed by atoms with E-state index in [4.69, 9.17) is 28.4 Å². The van der Waals surface area contributed by atoms with E-state index in [-0.39, 0.29) is 26.1 Å². The lowest BCUT2D eigenvalue weighted by atomic mass is 9.98. The lowest BCUT2D eigenvalue weighted by molar-refractivity contribution is -0.332. The van der Waals surface area contributed by atoms with Crippen molar-refractivity contribution in [3.63, 3.8) is 0 Å². The number of aliphatic hydroxyl groups is 7. The van der Waals surface area contributed by atoms with Crippen LogP contribution >= 0.6 is 0 Å². The summed E-state index contributed by atoms with van der Waals surface area (Å²) < 4.78 is 33.6. The summed E-state index contributed by atoms with van der Waals surface area (Å²) in [6.07, 6.45) is 22.3. The maximum absolute atomic E-state index is 13.0. The molecule has 11 atom stereocenters. The van der Waals surface area contributed by atoms with E-state index in [1.54, 1.807) is 0 Å². The number of carbonyl (C=O) groups is 2. The van der Waals surface area contributed by atoms with Gasteiger partial charge in [0, 0.05) is 12.8 Å². The summed E-state index contributed by atoms with van der Waals surface area (Å²) in [6.45, 7) is 2.61. The number of unbranched alkanes of at least 4 members (excludes halogenated alkanes) is 26. The molecule has 2 aliphatic heterocycles. The molecule has 0 aromatic carbocycles. The molecule has 0 aliphatic carbocycles. The van der Waals surface area contributed by atoms with Gasteiger partial charge in [-0.1, -0.05) is 174 Å². The zero-order valence-electron chi connectivity index (χ0n) is 41.7. The Hall–Kier alpha value is -1.76. The van der Waals surface area contributed by atoms with Gasteiger partial charge in [-0.05, 0) is 38.5 Å². The van der Waals surface area contributed by atoms with Gasteiger partial charge in [0.1, 0.15) is 55.4 Å². The average Bonchev–Trinajstić information content (AvgIpc) is 3.32. The molecular formula is C52H96O15. The summed E-state index contributed by atoms with van der Waals surface area (Å²) >= 11 is 0. The first-order valence-corrected chi connectivity index (χ1v) is 26.8. The quantitative estimate of drug-likeness (QED) is 0.0176. The third-order valence-corrected chi connectivity index (χ3v) is 13.0. The van der Waals surface area contributed by atoms with Crippen LogP contribution in [0.2, 0.25) is 0 Å². The fourth-order valence-electron chi connectivity index (χ4n) is 8.57. The number of hydrogen-bond donors (Lipinski definition) is 7. The van der Waals surface area contributed by atoms with E-state index in [2.05, 4.69) is 26.0 Å². The molecule has 2 rings (SSSR count). The smallest absolute Gasteiger partial charge is 0.306 e. The van der Waals surface area contributed by atoms with Crippen LogP contribution in [0.25, 0.3) is 0 Å². The van der Waals surface area contributed by atoms with Crippen molar-refractivity contribution in [3.05, 3.63) is 12.2 Å². The van der Waals surface area contributed by atoms with Crippen LogP contribution < -0.4 is 0 Å². The van der Waals surface area contributed by atoms with Crippen LogP contribution in [0.5, 0.6) is 0 Å². The summed E-state index contributed by atoms with van der Waals surface area (Å²) in [4.78, 5) is 25.8. The van der Waals surface area contributed by atoms with Gasteiger partial charge in [0.05, 0.1) is 19.8 Å². The second-order valence-electron chi connectivity index (χ2n) is 19.1. The molecule has 0 aromatic heterocycles. The Bertz CT molecular complexity index is 1220. The molecule has 15 heteroatoms. The minimum Gasteiger partial charge on any atom is -0.462 e. The highest BCUT2D eigenvalue weighted by Gasteiger charge is 2.47. The minimum absolute atomic E-state index is 0.169. The zero-order valence-corrected chi connectivity index (χ0v) is 41.7. The molecule has 2 saturated heterocycles. The molecule has 0 bridgehead atoms. The van der Waals surface area contributed by atoms with Crippen molar-refractivity contribution in [2.75, 3.05) is 26.4 Å². The molecule has 4 unspecified atom stereocenters. The van der Waals surface area contributed by atoms with Crippen LogP contribution in [0, 0.1) is 0 Å². The van der Waals surface area contributed by atoms with Gasteiger partial charge in [0.15, 0.2) is 18.7 Å². The van der Waals surface area contributed by atoms with Crippen molar-refractivity contribution in [3.8, 4) is 0 Å². The van der Waals surface area contributed by atoms with Crippen LogP contribution in [0.4, 0.5) is 0 Å². The van der Waals surface area contributed by atoms with Gasteiger partial charge in [-0.3, -0.25) is 9.59 Å². The fraction of sp³-hybridized carbons (Fsp3) is 0.923. The molecule has 0 spiro atoms. The number of ether oxygens (including phenoxy) is 6. The van der Waals surface area contributed by atoms with Gasteiger partial charge in [-0.15, -0.1) is 0 Å². The molecule has 0 amide bonds. The van der Waals surface area contributed by atoms with Gasteiger partial charge in [-0.25, -0.2) is 0 Å². The summed E-state index contributed by atoms with van der Waals surface area (Å²) in [6, 6.07) is 0. The summed E-state index contributed by atoms with van der Waals surface area (Å²) in [7, 11) is 0. The van der Waals surface area contributed by atoms with Crippen LogP contribution in [-0.4, -0.2) is 142 Å². The largest absolute Gasteiger partial charge is 0.462 e. The Balaban J connectivity index is 1.79. The molecule has 0 aromatic rings. The summed E-state index contributed by atoms with van der Waals surface area (Å²) in [5, 5.41) is 72.1. The SMILES string of the molecule is CCCCCCCC/C=C/CCCCCCCC(=O)OC[C@H](CO[C@@H]1O[C@H](CO[C@@H]2O[C@H](CO)[C@H](O)C(O)C2O)[C@H](O)C(O)C1O)OC(=O)CCCCCCCCCCCCCCCCCC. The molecular weight excluding hydrogens is 865 g/mol. The third-order valence-electron chi connectivity index (χ3n) is 13.0. The predicted molar refractivity (Wildman–Crippen MR) is 257 cm³/mol. The fourth-order valence-corrected chi connectivity index (χ4v) is 8.57. The van der Waals surface area contributed by atoms with Gasteiger partial charge >= 0.3 is 11.9 Å². The number of esters is 2. The molecule has 7 N–H and O–H groups in total. The normalized spacial score (nSPS) is 26.0. The van der Waals surface area contributed by atoms with Crippen LogP contribution in [0.1, 0.15) is 213 Å². The van der Waals surface area contributed by atoms with Gasteiger partial charge in [0.25, 0.3) is 0 Å². The molecule has 2 heterocycles. The van der Waals surface area contributed by atoms with Crippen molar-refractivity contribution < 1.29 is 73.8 Å². The Kier molecular flexibility index (Phi) is 36.5. The van der Waals surface area contributed by atoms with Gasteiger partial charge in [0.2, 0.25) is 0 Å². The molecule has 0 saturated carbocycles. The Labute approximate surface area is 403 Å². The minimum atomic E-state index is -1.76. The van der Waals surface area contributed by atoms with E-state index in [0.717, 1.165) is 57.8 Å². The first kappa shape index (κ1) is 61.4. The molecule has 15 nitrogen and oxygen atoms in total. The summed E-state index contributed by atoms with van der Waals surface area (Å²) in [5.41, 5.74) is 0. The maximum atomic E-state index is 13.0. The Morgan fingerprint density at radius 2 is 0.851 bits per heavy atom. The number of rotatable bonds is 42. The van der Waals surface area contributed by atoms with Crippen LogP contribution in [0.15, 0.2) is 12.2 Å². The van der Waals surface area contributed by atoms with E-state index >= 15 is 0 Å². The van der Waals surface area contributed by atoms with Gasteiger partial charge in [-0.2, -0.15) is 0 Å². The van der Waals surface area contributed by atoms with Crippen molar-refractivity contribution in [2.24, 2.45) is 0 Å². The Morgan fingerprint density at radius 1 is 0.463 bits per heavy atom. The van der Waals surface area contributed by atoms with E-state index < -0.39 is 92.7 Å².